The number of halogens is 1. The van der Waals surface area contributed by atoms with Crippen LogP contribution in [-0.2, 0) is 0 Å². The summed E-state index contributed by atoms with van der Waals surface area (Å²) in [5, 5.41) is 13.5. The Hall–Kier alpha value is -2.96. The monoisotopic (exact) mass is 289 g/mol. The number of anilines is 2. The Kier molecular flexibility index (Phi) is 4.13. The summed E-state index contributed by atoms with van der Waals surface area (Å²) in [4.78, 5) is 26.2. The summed E-state index contributed by atoms with van der Waals surface area (Å²) in [6, 6.07) is 4.95. The molecule has 0 aliphatic heterocycles. The van der Waals surface area contributed by atoms with Crippen LogP contribution in [0.2, 0.25) is 0 Å². The summed E-state index contributed by atoms with van der Waals surface area (Å²) >= 11 is 0. The van der Waals surface area contributed by atoms with Crippen molar-refractivity contribution in [3.63, 3.8) is 0 Å². The molecule has 3 N–H and O–H groups in total. The molecular weight excluding hydrogens is 277 g/mol. The Bertz CT molecular complexity index is 704. The van der Waals surface area contributed by atoms with Gasteiger partial charge in [-0.2, -0.15) is 0 Å². The summed E-state index contributed by atoms with van der Waals surface area (Å²) in [6.07, 6.45) is 2.45. The highest BCUT2D eigenvalue weighted by atomic mass is 19.1. The number of aryl methyl sites for hydroxylation is 1. The highest BCUT2D eigenvalue weighted by Crippen LogP contribution is 2.16. The molecule has 21 heavy (non-hydrogen) atoms. The summed E-state index contributed by atoms with van der Waals surface area (Å²) in [6.45, 7) is 1.73. The van der Waals surface area contributed by atoms with Gasteiger partial charge < -0.3 is 15.7 Å². The van der Waals surface area contributed by atoms with Crippen LogP contribution in [0.4, 0.5) is 20.6 Å². The van der Waals surface area contributed by atoms with E-state index in [4.69, 9.17) is 5.11 Å². The zero-order valence-corrected chi connectivity index (χ0v) is 11.1. The number of urea groups is 1. The molecule has 0 aliphatic carbocycles. The molecule has 2 rings (SSSR count). The Morgan fingerprint density at radius 3 is 2.62 bits per heavy atom. The molecule has 1 aromatic carbocycles. The first-order chi connectivity index (χ1) is 9.95. The van der Waals surface area contributed by atoms with Crippen LogP contribution >= 0.6 is 0 Å². The van der Waals surface area contributed by atoms with E-state index in [2.05, 4.69) is 15.6 Å². The number of carbonyl (C=O) groups excluding carboxylic acids is 1. The fourth-order valence-corrected chi connectivity index (χ4v) is 1.63. The lowest BCUT2D eigenvalue weighted by Gasteiger charge is -2.09. The Labute approximate surface area is 119 Å². The predicted octanol–water partition coefficient (Wildman–Crippen LogP) is 2.87. The molecular formula is C14H12FN3O3. The molecule has 6 nitrogen and oxygen atoms in total. The van der Waals surface area contributed by atoms with Gasteiger partial charge in [-0.05, 0) is 30.7 Å². The lowest BCUT2D eigenvalue weighted by Crippen LogP contribution is -2.20. The number of aromatic carboxylic acids is 1. The molecule has 0 radical (unpaired) electrons. The van der Waals surface area contributed by atoms with Crippen molar-refractivity contribution in [3.05, 3.63) is 53.6 Å². The maximum Gasteiger partial charge on any atom is 0.337 e. The van der Waals surface area contributed by atoms with E-state index >= 15 is 0 Å². The minimum absolute atomic E-state index is 0.0282. The molecule has 2 amide bonds. The number of carboxylic acids is 1. The number of hydrogen-bond acceptors (Lipinski definition) is 3. The normalized spacial score (nSPS) is 10.0. The van der Waals surface area contributed by atoms with Gasteiger partial charge in [-0.3, -0.25) is 4.98 Å². The molecule has 0 atom stereocenters. The zero-order chi connectivity index (χ0) is 15.4. The van der Waals surface area contributed by atoms with Crippen molar-refractivity contribution in [1.82, 2.24) is 4.98 Å². The number of pyridine rings is 1. The molecule has 0 aliphatic rings. The van der Waals surface area contributed by atoms with Crippen LogP contribution in [0.5, 0.6) is 0 Å². The molecule has 0 saturated heterocycles. The molecule has 1 aromatic heterocycles. The molecule has 1 heterocycles. The SMILES string of the molecule is Cc1ccc(NC(=O)Nc2cncc(C(=O)O)c2)c(F)c1. The van der Waals surface area contributed by atoms with E-state index in [1.165, 1.54) is 24.4 Å². The second kappa shape index (κ2) is 6.00. The van der Waals surface area contributed by atoms with Gasteiger partial charge in [0, 0.05) is 6.20 Å². The summed E-state index contributed by atoms with van der Waals surface area (Å²) in [5.74, 6) is -1.71. The quantitative estimate of drug-likeness (QED) is 0.810. The fraction of sp³-hybridized carbons (Fsp3) is 0.0714. The maximum absolute atomic E-state index is 13.6. The van der Waals surface area contributed by atoms with Crippen LogP contribution in [0.1, 0.15) is 15.9 Å². The third kappa shape index (κ3) is 3.75. The van der Waals surface area contributed by atoms with Gasteiger partial charge in [-0.25, -0.2) is 14.0 Å². The average molecular weight is 289 g/mol. The Morgan fingerprint density at radius 2 is 1.95 bits per heavy atom. The lowest BCUT2D eigenvalue weighted by molar-refractivity contribution is 0.0696. The number of benzene rings is 1. The molecule has 108 valence electrons. The second-order valence-electron chi connectivity index (χ2n) is 4.33. The van der Waals surface area contributed by atoms with E-state index in [0.29, 0.717) is 0 Å². The van der Waals surface area contributed by atoms with E-state index < -0.39 is 17.8 Å². The second-order valence-corrected chi connectivity index (χ2v) is 4.33. The van der Waals surface area contributed by atoms with Crippen LogP contribution in [0, 0.1) is 12.7 Å². The van der Waals surface area contributed by atoms with Crippen molar-refractivity contribution in [2.24, 2.45) is 0 Å². The smallest absolute Gasteiger partial charge is 0.337 e. The number of hydrogen-bond donors (Lipinski definition) is 3. The van der Waals surface area contributed by atoms with Crippen molar-refractivity contribution in [2.45, 2.75) is 6.92 Å². The van der Waals surface area contributed by atoms with Gasteiger partial charge >= 0.3 is 12.0 Å². The summed E-state index contributed by atoms with van der Waals surface area (Å²) in [5.41, 5.74) is 0.895. The van der Waals surface area contributed by atoms with Gasteiger partial charge in [0.25, 0.3) is 0 Å². The predicted molar refractivity (Wildman–Crippen MR) is 75.0 cm³/mol. The number of nitrogens with zero attached hydrogens (tertiary/aromatic N) is 1. The van der Waals surface area contributed by atoms with E-state index in [-0.39, 0.29) is 16.9 Å². The molecule has 0 bridgehead atoms. The lowest BCUT2D eigenvalue weighted by atomic mass is 10.2. The van der Waals surface area contributed by atoms with Gasteiger partial charge in [-0.15, -0.1) is 0 Å². The third-order valence-electron chi connectivity index (χ3n) is 2.62. The number of nitrogens with one attached hydrogen (secondary N) is 2. The van der Waals surface area contributed by atoms with E-state index in [0.717, 1.165) is 11.8 Å². The van der Waals surface area contributed by atoms with E-state index in [9.17, 15) is 14.0 Å². The van der Waals surface area contributed by atoms with Crippen molar-refractivity contribution in [3.8, 4) is 0 Å². The molecule has 0 spiro atoms. The van der Waals surface area contributed by atoms with Crippen LogP contribution in [0.15, 0.2) is 36.7 Å². The highest BCUT2D eigenvalue weighted by molar-refractivity contribution is 6.00. The molecule has 0 saturated carbocycles. The number of carbonyl (C=O) groups is 2. The molecule has 0 fully saturated rings. The molecule has 2 aromatic rings. The topological polar surface area (TPSA) is 91.3 Å². The summed E-state index contributed by atoms with van der Waals surface area (Å²) < 4.78 is 13.6. The maximum atomic E-state index is 13.6. The van der Waals surface area contributed by atoms with Gasteiger partial charge in [0.2, 0.25) is 0 Å². The van der Waals surface area contributed by atoms with E-state index in [1.807, 2.05) is 0 Å². The first kappa shape index (κ1) is 14.4. The van der Waals surface area contributed by atoms with Gasteiger partial charge in [0.05, 0.1) is 23.1 Å². The van der Waals surface area contributed by atoms with Crippen LogP contribution in [0.3, 0.4) is 0 Å². The number of carboxylic acid groups (broad SMARTS) is 1. The van der Waals surface area contributed by atoms with Crippen molar-refractivity contribution >= 4 is 23.4 Å². The molecule has 7 heteroatoms. The first-order valence-electron chi connectivity index (χ1n) is 5.98. The van der Waals surface area contributed by atoms with Crippen LogP contribution in [0.25, 0.3) is 0 Å². The summed E-state index contributed by atoms with van der Waals surface area (Å²) in [7, 11) is 0. The highest BCUT2D eigenvalue weighted by Gasteiger charge is 2.09. The Morgan fingerprint density at radius 1 is 1.19 bits per heavy atom. The number of aromatic nitrogens is 1. The van der Waals surface area contributed by atoms with Gasteiger partial charge in [0.1, 0.15) is 5.82 Å². The average Bonchev–Trinajstić information content (AvgIpc) is 2.42. The zero-order valence-electron chi connectivity index (χ0n) is 11.1. The minimum atomic E-state index is -1.16. The van der Waals surface area contributed by atoms with Crippen LogP contribution in [-0.4, -0.2) is 22.1 Å². The standard InChI is InChI=1S/C14H12FN3O3/c1-8-2-3-12(11(15)4-8)18-14(21)17-10-5-9(13(19)20)6-16-7-10/h2-7H,1H3,(H,19,20)(H2,17,18,21). The Balaban J connectivity index is 2.08. The first-order valence-corrected chi connectivity index (χ1v) is 5.98. The van der Waals surface area contributed by atoms with E-state index in [1.54, 1.807) is 13.0 Å². The van der Waals surface area contributed by atoms with Crippen molar-refractivity contribution < 1.29 is 19.1 Å². The van der Waals surface area contributed by atoms with Gasteiger partial charge in [-0.1, -0.05) is 6.07 Å². The molecule has 0 unspecified atom stereocenters. The van der Waals surface area contributed by atoms with Crippen molar-refractivity contribution in [2.75, 3.05) is 10.6 Å². The van der Waals surface area contributed by atoms with Gasteiger partial charge in [0.15, 0.2) is 0 Å². The minimum Gasteiger partial charge on any atom is -0.478 e. The largest absolute Gasteiger partial charge is 0.478 e. The van der Waals surface area contributed by atoms with Crippen molar-refractivity contribution in [1.29, 1.82) is 0 Å². The van der Waals surface area contributed by atoms with Crippen LogP contribution < -0.4 is 10.6 Å². The number of amides is 2. The third-order valence-corrected chi connectivity index (χ3v) is 2.62. The fourth-order valence-electron chi connectivity index (χ4n) is 1.63. The number of rotatable bonds is 3.